The number of aromatic nitrogens is 2. The van der Waals surface area contributed by atoms with Crippen LogP contribution in [0.25, 0.3) is 0 Å². The number of halogens is 1. The Morgan fingerprint density at radius 2 is 1.94 bits per heavy atom. The smallest absolute Gasteiger partial charge is 0.190 e. The van der Waals surface area contributed by atoms with Gasteiger partial charge in [0.25, 0.3) is 0 Å². The van der Waals surface area contributed by atoms with Crippen LogP contribution in [0.15, 0.2) is 51.7 Å². The highest BCUT2D eigenvalue weighted by molar-refractivity contribution is 7.99. The zero-order chi connectivity index (χ0) is 13.0. The summed E-state index contributed by atoms with van der Waals surface area (Å²) < 4.78 is 0. The van der Waals surface area contributed by atoms with E-state index in [2.05, 4.69) is 15.1 Å². The van der Waals surface area contributed by atoms with Crippen LogP contribution in [0.1, 0.15) is 5.69 Å². The lowest BCUT2D eigenvalue weighted by molar-refractivity contribution is 0.318. The van der Waals surface area contributed by atoms with E-state index in [0.717, 1.165) is 4.90 Å². The summed E-state index contributed by atoms with van der Waals surface area (Å²) in [4.78, 5) is 9.20. The van der Waals surface area contributed by atoms with Crippen molar-refractivity contribution >= 4 is 29.2 Å². The van der Waals surface area contributed by atoms with Gasteiger partial charge in [-0.25, -0.2) is 9.97 Å². The summed E-state index contributed by atoms with van der Waals surface area (Å²) in [7, 11) is 0. The summed E-state index contributed by atoms with van der Waals surface area (Å²) in [5.74, 6) is -0.0643. The molecule has 0 spiro atoms. The van der Waals surface area contributed by atoms with E-state index in [9.17, 15) is 0 Å². The number of nitrogens with two attached hydrogens (primary N) is 1. The normalized spacial score (nSPS) is 11.5. The molecule has 1 aromatic heterocycles. The number of oxime groups is 1. The second-order valence-corrected chi connectivity index (χ2v) is 4.81. The van der Waals surface area contributed by atoms with E-state index in [1.54, 1.807) is 6.20 Å². The van der Waals surface area contributed by atoms with Crippen LogP contribution in [0.5, 0.6) is 0 Å². The van der Waals surface area contributed by atoms with Crippen molar-refractivity contribution in [3.05, 3.63) is 47.4 Å². The van der Waals surface area contributed by atoms with Gasteiger partial charge in [-0.1, -0.05) is 28.5 Å². The summed E-state index contributed by atoms with van der Waals surface area (Å²) in [5, 5.41) is 12.8. The van der Waals surface area contributed by atoms with Gasteiger partial charge in [-0.15, -0.1) is 0 Å². The molecule has 0 aliphatic carbocycles. The fourth-order valence-corrected chi connectivity index (χ4v) is 2.03. The SMILES string of the molecule is NC(=NO)c1cnc(Sc2ccc(Cl)cc2)cn1. The van der Waals surface area contributed by atoms with Crippen LogP contribution in [0.3, 0.4) is 0 Å². The summed E-state index contributed by atoms with van der Waals surface area (Å²) in [6, 6.07) is 7.41. The molecule has 7 heteroatoms. The van der Waals surface area contributed by atoms with Crippen molar-refractivity contribution in [2.75, 3.05) is 0 Å². The van der Waals surface area contributed by atoms with Crippen LogP contribution in [-0.4, -0.2) is 21.0 Å². The molecule has 3 N–H and O–H groups in total. The number of nitrogens with zero attached hydrogens (tertiary/aromatic N) is 3. The van der Waals surface area contributed by atoms with Gasteiger partial charge < -0.3 is 10.9 Å². The van der Waals surface area contributed by atoms with Gasteiger partial charge in [0.1, 0.15) is 10.7 Å². The molecule has 2 rings (SSSR count). The highest BCUT2D eigenvalue weighted by Gasteiger charge is 2.03. The number of hydrogen-bond donors (Lipinski definition) is 2. The molecule has 0 fully saturated rings. The number of rotatable bonds is 3. The van der Waals surface area contributed by atoms with Crippen LogP contribution < -0.4 is 5.73 Å². The van der Waals surface area contributed by atoms with Crippen LogP contribution in [0, 0.1) is 0 Å². The van der Waals surface area contributed by atoms with Gasteiger partial charge in [-0.05, 0) is 24.3 Å². The minimum absolute atomic E-state index is 0.0643. The van der Waals surface area contributed by atoms with Crippen LogP contribution in [0.4, 0.5) is 0 Å². The van der Waals surface area contributed by atoms with Crippen LogP contribution in [-0.2, 0) is 0 Å². The first-order valence-corrected chi connectivity index (χ1v) is 6.12. The van der Waals surface area contributed by atoms with Gasteiger partial charge in [-0.2, -0.15) is 0 Å². The molecule has 0 radical (unpaired) electrons. The lowest BCUT2D eigenvalue weighted by Crippen LogP contribution is -2.15. The van der Waals surface area contributed by atoms with E-state index in [1.165, 1.54) is 18.0 Å². The third kappa shape index (κ3) is 3.12. The molecule has 0 atom stereocenters. The van der Waals surface area contributed by atoms with E-state index >= 15 is 0 Å². The Balaban J connectivity index is 2.13. The molecule has 0 amide bonds. The summed E-state index contributed by atoms with van der Waals surface area (Å²) in [5.41, 5.74) is 5.72. The first-order chi connectivity index (χ1) is 8.69. The van der Waals surface area contributed by atoms with E-state index in [4.69, 9.17) is 22.5 Å². The van der Waals surface area contributed by atoms with Crippen LogP contribution in [0.2, 0.25) is 5.02 Å². The van der Waals surface area contributed by atoms with Gasteiger partial charge in [0.15, 0.2) is 5.84 Å². The Hall–Kier alpha value is -1.79. The summed E-state index contributed by atoms with van der Waals surface area (Å²) in [6.45, 7) is 0. The lowest BCUT2D eigenvalue weighted by atomic mass is 10.4. The third-order valence-corrected chi connectivity index (χ3v) is 3.21. The van der Waals surface area contributed by atoms with Crippen molar-refractivity contribution in [1.82, 2.24) is 9.97 Å². The molecule has 0 bridgehead atoms. The van der Waals surface area contributed by atoms with Gasteiger partial charge in [0.05, 0.1) is 12.4 Å². The van der Waals surface area contributed by atoms with Crippen molar-refractivity contribution < 1.29 is 5.21 Å². The van der Waals surface area contributed by atoms with Gasteiger partial charge >= 0.3 is 0 Å². The maximum Gasteiger partial charge on any atom is 0.190 e. The Bertz CT molecular complexity index is 556. The predicted octanol–water partition coefficient (Wildman–Crippen LogP) is 2.38. The first-order valence-electron chi connectivity index (χ1n) is 4.92. The molecular weight excluding hydrogens is 272 g/mol. The molecule has 1 aromatic carbocycles. The Morgan fingerprint density at radius 1 is 1.22 bits per heavy atom. The molecule has 92 valence electrons. The van der Waals surface area contributed by atoms with Crippen molar-refractivity contribution in [3.63, 3.8) is 0 Å². The molecule has 0 aliphatic rings. The Morgan fingerprint density at radius 3 is 2.50 bits per heavy atom. The summed E-state index contributed by atoms with van der Waals surface area (Å²) in [6.07, 6.45) is 3.01. The number of hydrogen-bond acceptors (Lipinski definition) is 5. The first kappa shape index (κ1) is 12.7. The van der Waals surface area contributed by atoms with Gasteiger partial charge in [0.2, 0.25) is 0 Å². The lowest BCUT2D eigenvalue weighted by Gasteiger charge is -2.01. The van der Waals surface area contributed by atoms with E-state index < -0.39 is 0 Å². The van der Waals surface area contributed by atoms with Gasteiger partial charge in [0, 0.05) is 9.92 Å². The second-order valence-electron chi connectivity index (χ2n) is 3.28. The molecule has 0 unspecified atom stereocenters. The second kappa shape index (κ2) is 5.70. The summed E-state index contributed by atoms with van der Waals surface area (Å²) >= 11 is 7.25. The Labute approximate surface area is 113 Å². The molecule has 0 saturated carbocycles. The fourth-order valence-electron chi connectivity index (χ4n) is 1.18. The highest BCUT2D eigenvalue weighted by Crippen LogP contribution is 2.26. The largest absolute Gasteiger partial charge is 0.409 e. The molecule has 0 saturated heterocycles. The van der Waals surface area contributed by atoms with Crippen LogP contribution >= 0.6 is 23.4 Å². The third-order valence-electron chi connectivity index (χ3n) is 2.03. The van der Waals surface area contributed by atoms with Crippen molar-refractivity contribution in [2.24, 2.45) is 10.9 Å². The maximum absolute atomic E-state index is 8.50. The topological polar surface area (TPSA) is 84.4 Å². The maximum atomic E-state index is 8.50. The Kier molecular flexibility index (Phi) is 4.01. The van der Waals surface area contributed by atoms with E-state index in [0.29, 0.717) is 15.7 Å². The number of benzene rings is 1. The minimum Gasteiger partial charge on any atom is -0.409 e. The van der Waals surface area contributed by atoms with Crippen molar-refractivity contribution in [3.8, 4) is 0 Å². The quantitative estimate of drug-likeness (QED) is 0.390. The monoisotopic (exact) mass is 280 g/mol. The molecule has 5 nitrogen and oxygen atoms in total. The average Bonchev–Trinajstić information content (AvgIpc) is 2.41. The minimum atomic E-state index is -0.0643. The molecule has 0 aliphatic heterocycles. The highest BCUT2D eigenvalue weighted by atomic mass is 35.5. The molecule has 18 heavy (non-hydrogen) atoms. The standard InChI is InChI=1S/C11H9ClN4OS/c12-7-1-3-8(4-2-7)18-10-6-14-9(5-15-10)11(13)16-17/h1-6,17H,(H2,13,16). The average molecular weight is 281 g/mol. The van der Waals surface area contributed by atoms with E-state index in [1.807, 2.05) is 24.3 Å². The van der Waals surface area contributed by atoms with Crippen molar-refractivity contribution in [2.45, 2.75) is 9.92 Å². The van der Waals surface area contributed by atoms with Gasteiger partial charge in [-0.3, -0.25) is 0 Å². The molecule has 2 aromatic rings. The van der Waals surface area contributed by atoms with Crippen molar-refractivity contribution in [1.29, 1.82) is 0 Å². The number of amidine groups is 1. The molecule has 1 heterocycles. The fraction of sp³-hybridized carbons (Fsp3) is 0. The zero-order valence-electron chi connectivity index (χ0n) is 9.12. The van der Waals surface area contributed by atoms with E-state index in [-0.39, 0.29) is 5.84 Å². The molecular formula is C11H9ClN4OS. The predicted molar refractivity (Wildman–Crippen MR) is 70.1 cm³/mol. The zero-order valence-corrected chi connectivity index (χ0v) is 10.7.